The van der Waals surface area contributed by atoms with Gasteiger partial charge in [-0.15, -0.1) is 0 Å². The largest absolute Gasteiger partial charge is 0.506 e. The van der Waals surface area contributed by atoms with Crippen LogP contribution in [0.4, 0.5) is 0 Å². The summed E-state index contributed by atoms with van der Waals surface area (Å²) >= 11 is 5.81. The molecule has 0 aliphatic heterocycles. The number of hydrogen-bond donors (Lipinski definition) is 3. The molecule has 1 atom stereocenters. The quantitative estimate of drug-likeness (QED) is 0.258. The molecule has 0 unspecified atom stereocenters. The SMILES string of the molecule is N[C@@](I)(Cc1ccc(Oc2cc(I)c(O)c(I)c2)cc1)C(=O)O. The zero-order chi connectivity index (χ0) is 17.2. The number of nitrogens with two attached hydrogens (primary N) is 1. The van der Waals surface area contributed by atoms with Crippen molar-refractivity contribution in [1.29, 1.82) is 0 Å². The highest BCUT2D eigenvalue weighted by Gasteiger charge is 2.30. The zero-order valence-corrected chi connectivity index (χ0v) is 18.1. The third-order valence-corrected chi connectivity index (χ3v) is 5.45. The smallest absolute Gasteiger partial charge is 0.334 e. The summed E-state index contributed by atoms with van der Waals surface area (Å²) in [6.45, 7) is 0. The molecule has 2 aromatic carbocycles. The highest BCUT2D eigenvalue weighted by Crippen LogP contribution is 2.33. The highest BCUT2D eigenvalue weighted by molar-refractivity contribution is 14.1. The van der Waals surface area contributed by atoms with Crippen molar-refractivity contribution >= 4 is 73.7 Å². The molecule has 23 heavy (non-hydrogen) atoms. The lowest BCUT2D eigenvalue weighted by molar-refractivity contribution is -0.139. The minimum absolute atomic E-state index is 0.220. The van der Waals surface area contributed by atoms with E-state index in [4.69, 9.17) is 15.6 Å². The van der Waals surface area contributed by atoms with E-state index in [1.807, 2.05) is 45.2 Å². The van der Waals surface area contributed by atoms with Gasteiger partial charge in [0.05, 0.1) is 7.14 Å². The minimum Gasteiger partial charge on any atom is -0.506 e. The van der Waals surface area contributed by atoms with Gasteiger partial charge in [-0.1, -0.05) is 12.1 Å². The Hall–Kier alpha value is -0.340. The van der Waals surface area contributed by atoms with E-state index in [1.165, 1.54) is 0 Å². The fourth-order valence-electron chi connectivity index (χ4n) is 1.79. The van der Waals surface area contributed by atoms with Crippen LogP contribution < -0.4 is 10.5 Å². The van der Waals surface area contributed by atoms with Crippen LogP contribution in [-0.2, 0) is 11.2 Å². The van der Waals surface area contributed by atoms with Gasteiger partial charge in [0, 0.05) is 6.42 Å². The highest BCUT2D eigenvalue weighted by atomic mass is 127. The van der Waals surface area contributed by atoms with E-state index in [9.17, 15) is 9.90 Å². The summed E-state index contributed by atoms with van der Waals surface area (Å²) in [6.07, 6.45) is 0.220. The van der Waals surface area contributed by atoms with Crippen LogP contribution >= 0.6 is 67.8 Å². The van der Waals surface area contributed by atoms with E-state index >= 15 is 0 Å². The average Bonchev–Trinajstić information content (AvgIpc) is 2.46. The number of hydrogen-bond acceptors (Lipinski definition) is 4. The topological polar surface area (TPSA) is 92.8 Å². The van der Waals surface area contributed by atoms with Crippen molar-refractivity contribution in [2.45, 2.75) is 9.97 Å². The number of halogens is 3. The second-order valence-corrected chi connectivity index (χ2v) is 9.08. The predicted octanol–water partition coefficient (Wildman–Crippen LogP) is 4.11. The standard InChI is InChI=1S/C15H12I3NO4/c16-11-5-10(6-12(17)13(11)20)23-9-3-1-8(2-4-9)7-15(18,19)14(21)22/h1-6,20H,7,19H2,(H,21,22)/t15-/m0/s1. The molecule has 0 spiro atoms. The molecule has 0 aromatic heterocycles. The van der Waals surface area contributed by atoms with Gasteiger partial charge in [-0.2, -0.15) is 0 Å². The first-order chi connectivity index (χ1) is 10.7. The van der Waals surface area contributed by atoms with E-state index in [2.05, 4.69) is 0 Å². The van der Waals surface area contributed by atoms with Crippen LogP contribution in [0.15, 0.2) is 36.4 Å². The van der Waals surface area contributed by atoms with Crippen molar-refractivity contribution in [3.63, 3.8) is 0 Å². The number of alkyl halides is 1. The van der Waals surface area contributed by atoms with Crippen LogP contribution in [0.2, 0.25) is 0 Å². The zero-order valence-electron chi connectivity index (χ0n) is 11.6. The summed E-state index contributed by atoms with van der Waals surface area (Å²) in [5, 5.41) is 18.8. The van der Waals surface area contributed by atoms with Crippen LogP contribution in [0.1, 0.15) is 5.56 Å². The number of rotatable bonds is 5. The molecular formula is C15H12I3NO4. The summed E-state index contributed by atoms with van der Waals surface area (Å²) in [4.78, 5) is 11.0. The number of ether oxygens (including phenoxy) is 1. The van der Waals surface area contributed by atoms with Crippen molar-refractivity contribution in [3.8, 4) is 17.2 Å². The number of phenols is 1. The summed E-state index contributed by atoms with van der Waals surface area (Å²) in [5.41, 5.74) is 6.54. The normalized spacial score (nSPS) is 13.4. The van der Waals surface area contributed by atoms with Crippen molar-refractivity contribution in [2.75, 3.05) is 0 Å². The third-order valence-electron chi connectivity index (χ3n) is 2.97. The number of carboxylic acid groups (broad SMARTS) is 1. The molecule has 4 N–H and O–H groups in total. The van der Waals surface area contributed by atoms with Gasteiger partial charge in [0.2, 0.25) is 0 Å². The van der Waals surface area contributed by atoms with Crippen molar-refractivity contribution in [3.05, 3.63) is 49.1 Å². The lowest BCUT2D eigenvalue weighted by Crippen LogP contribution is -2.43. The van der Waals surface area contributed by atoms with Gasteiger partial charge in [-0.05, 0) is 97.6 Å². The minimum atomic E-state index is -1.33. The molecular weight excluding hydrogens is 639 g/mol. The Morgan fingerprint density at radius 2 is 1.65 bits per heavy atom. The molecule has 0 amide bonds. The Kier molecular flexibility index (Phi) is 6.35. The summed E-state index contributed by atoms with van der Waals surface area (Å²) in [7, 11) is 0. The second-order valence-electron chi connectivity index (χ2n) is 4.83. The predicted molar refractivity (Wildman–Crippen MR) is 112 cm³/mol. The van der Waals surface area contributed by atoms with Crippen LogP contribution in [0.3, 0.4) is 0 Å². The van der Waals surface area contributed by atoms with E-state index in [0.29, 0.717) is 18.6 Å². The Morgan fingerprint density at radius 1 is 1.13 bits per heavy atom. The first-order valence-corrected chi connectivity index (χ1v) is 9.58. The molecule has 0 radical (unpaired) electrons. The number of phenolic OH excluding ortho intramolecular Hbond substituents is 1. The molecule has 0 aliphatic rings. The number of aliphatic carboxylic acids is 1. The van der Waals surface area contributed by atoms with E-state index < -0.39 is 9.51 Å². The lowest BCUT2D eigenvalue weighted by atomic mass is 10.1. The Bertz CT molecular complexity index is 709. The number of benzene rings is 2. The molecule has 5 nitrogen and oxygen atoms in total. The first kappa shape index (κ1) is 19.0. The van der Waals surface area contributed by atoms with Gasteiger partial charge < -0.3 is 20.7 Å². The monoisotopic (exact) mass is 651 g/mol. The molecule has 0 saturated carbocycles. The van der Waals surface area contributed by atoms with Crippen molar-refractivity contribution < 1.29 is 19.7 Å². The van der Waals surface area contributed by atoms with E-state index in [0.717, 1.165) is 5.56 Å². The maximum atomic E-state index is 11.0. The van der Waals surface area contributed by atoms with E-state index in [1.54, 1.807) is 59.0 Å². The molecule has 2 aromatic rings. The fourth-order valence-corrected chi connectivity index (χ4v) is 3.94. The number of carboxylic acids is 1. The summed E-state index contributed by atoms with van der Waals surface area (Å²) in [5.74, 6) is 0.435. The van der Waals surface area contributed by atoms with Crippen LogP contribution in [-0.4, -0.2) is 19.7 Å². The van der Waals surface area contributed by atoms with Crippen molar-refractivity contribution in [2.24, 2.45) is 5.73 Å². The molecule has 2 rings (SSSR count). The molecule has 8 heteroatoms. The Morgan fingerprint density at radius 3 is 2.13 bits per heavy atom. The van der Waals surface area contributed by atoms with Gasteiger partial charge in [-0.25, -0.2) is 4.79 Å². The van der Waals surface area contributed by atoms with Crippen LogP contribution in [0, 0.1) is 7.14 Å². The third kappa shape index (κ3) is 5.06. The van der Waals surface area contributed by atoms with Gasteiger partial charge in [0.1, 0.15) is 17.2 Å². The van der Waals surface area contributed by atoms with Gasteiger partial charge in [-0.3, -0.25) is 0 Å². The summed E-state index contributed by atoms with van der Waals surface area (Å²) in [6, 6.07) is 10.6. The lowest BCUT2D eigenvalue weighted by Gasteiger charge is -2.17. The molecule has 0 fully saturated rings. The Balaban J connectivity index is 2.13. The van der Waals surface area contributed by atoms with E-state index in [-0.39, 0.29) is 12.2 Å². The second kappa shape index (κ2) is 7.70. The molecule has 0 heterocycles. The fraction of sp³-hybridized carbons (Fsp3) is 0.133. The molecule has 122 valence electrons. The van der Waals surface area contributed by atoms with Gasteiger partial charge in [0.25, 0.3) is 0 Å². The average molecular weight is 651 g/mol. The maximum absolute atomic E-state index is 11.0. The van der Waals surface area contributed by atoms with Gasteiger partial charge >= 0.3 is 5.97 Å². The maximum Gasteiger partial charge on any atom is 0.334 e. The van der Waals surface area contributed by atoms with Crippen LogP contribution in [0.25, 0.3) is 0 Å². The molecule has 0 bridgehead atoms. The van der Waals surface area contributed by atoms with Gasteiger partial charge in [0.15, 0.2) is 3.55 Å². The Labute approximate surface area is 174 Å². The van der Waals surface area contributed by atoms with Crippen LogP contribution in [0.5, 0.6) is 17.2 Å². The first-order valence-electron chi connectivity index (χ1n) is 6.35. The number of carbonyl (C=O) groups is 1. The molecule has 0 aliphatic carbocycles. The molecule has 0 saturated heterocycles. The summed E-state index contributed by atoms with van der Waals surface area (Å²) < 4.78 is 5.84. The van der Waals surface area contributed by atoms with Crippen molar-refractivity contribution in [1.82, 2.24) is 0 Å². The number of aromatic hydroxyl groups is 1.